The lowest BCUT2D eigenvalue weighted by molar-refractivity contribution is 0.122. The van der Waals surface area contributed by atoms with E-state index in [0.29, 0.717) is 17.7 Å². The molecule has 180 valence electrons. The van der Waals surface area contributed by atoms with Crippen molar-refractivity contribution in [2.24, 2.45) is 5.14 Å². The van der Waals surface area contributed by atoms with Crippen LogP contribution in [0.3, 0.4) is 0 Å². The molecule has 8 nitrogen and oxygen atoms in total. The van der Waals surface area contributed by atoms with Gasteiger partial charge >= 0.3 is 0 Å². The van der Waals surface area contributed by atoms with Gasteiger partial charge in [-0.3, -0.25) is 5.14 Å². The quantitative estimate of drug-likeness (QED) is 0.501. The van der Waals surface area contributed by atoms with Gasteiger partial charge in [0.2, 0.25) is 0 Å². The average Bonchev–Trinajstić information content (AvgIpc) is 3.38. The van der Waals surface area contributed by atoms with Crippen LogP contribution in [0.5, 0.6) is 5.75 Å². The summed E-state index contributed by atoms with van der Waals surface area (Å²) in [7, 11) is 0. The minimum Gasteiger partial charge on any atom is -0.488 e. The van der Waals surface area contributed by atoms with Crippen molar-refractivity contribution in [3.05, 3.63) is 71.7 Å². The molecule has 5 rings (SSSR count). The van der Waals surface area contributed by atoms with Crippen molar-refractivity contribution in [3.63, 3.8) is 0 Å². The molecule has 3 aromatic rings. The van der Waals surface area contributed by atoms with Crippen molar-refractivity contribution >= 4 is 17.8 Å². The molecule has 2 N–H and O–H groups in total. The first-order valence-corrected chi connectivity index (χ1v) is 12.6. The monoisotopic (exact) mass is 488 g/mol. The predicted molar refractivity (Wildman–Crippen MR) is 137 cm³/mol. The third-order valence-corrected chi connectivity index (χ3v) is 6.96. The first kappa shape index (κ1) is 23.6. The molecule has 0 spiro atoms. The van der Waals surface area contributed by atoms with E-state index in [-0.39, 0.29) is 6.10 Å². The molecule has 2 saturated heterocycles. The molecule has 0 bridgehead atoms. The topological polar surface area (TPSA) is 101 Å². The molecule has 0 amide bonds. The van der Waals surface area contributed by atoms with Crippen LogP contribution in [-0.2, 0) is 11.2 Å². The SMILES string of the molecule is N#Cc1cc(-c2ccnc(Cc3ccc(N4CCOCC4)cc3)n2)ccc1OC1CCN(SN)C1. The van der Waals surface area contributed by atoms with E-state index >= 15 is 0 Å². The maximum Gasteiger partial charge on any atom is 0.137 e. The summed E-state index contributed by atoms with van der Waals surface area (Å²) in [6, 6.07) is 18.4. The number of rotatable bonds is 7. The van der Waals surface area contributed by atoms with Crippen molar-refractivity contribution in [2.75, 3.05) is 44.3 Å². The number of nitrogens with zero attached hydrogens (tertiary/aromatic N) is 5. The van der Waals surface area contributed by atoms with Gasteiger partial charge in [-0.1, -0.05) is 12.1 Å². The lowest BCUT2D eigenvalue weighted by Crippen LogP contribution is -2.36. The molecular weight excluding hydrogens is 460 g/mol. The van der Waals surface area contributed by atoms with Crippen LogP contribution in [0, 0.1) is 11.3 Å². The Kier molecular flexibility index (Phi) is 7.45. The van der Waals surface area contributed by atoms with Crippen LogP contribution in [0.2, 0.25) is 0 Å². The van der Waals surface area contributed by atoms with Gasteiger partial charge < -0.3 is 14.4 Å². The number of ether oxygens (including phenoxy) is 2. The number of nitriles is 1. The second-order valence-electron chi connectivity index (χ2n) is 8.65. The largest absolute Gasteiger partial charge is 0.488 e. The van der Waals surface area contributed by atoms with E-state index in [1.54, 1.807) is 6.20 Å². The molecule has 1 unspecified atom stereocenters. The van der Waals surface area contributed by atoms with Crippen LogP contribution in [0.15, 0.2) is 54.7 Å². The van der Waals surface area contributed by atoms with Gasteiger partial charge in [0.05, 0.1) is 24.5 Å². The Labute approximate surface area is 209 Å². The Hall–Kier alpha value is -3.16. The van der Waals surface area contributed by atoms with Crippen LogP contribution >= 0.6 is 12.1 Å². The highest BCUT2D eigenvalue weighted by Gasteiger charge is 2.24. The molecule has 2 aliphatic rings. The fourth-order valence-corrected chi connectivity index (χ4v) is 4.89. The Morgan fingerprint density at radius 3 is 2.69 bits per heavy atom. The smallest absolute Gasteiger partial charge is 0.137 e. The maximum atomic E-state index is 9.72. The van der Waals surface area contributed by atoms with Crippen LogP contribution in [-0.4, -0.2) is 59.8 Å². The lowest BCUT2D eigenvalue weighted by Gasteiger charge is -2.28. The highest BCUT2D eigenvalue weighted by atomic mass is 32.2. The summed E-state index contributed by atoms with van der Waals surface area (Å²) in [6.07, 6.45) is 3.33. The molecule has 0 radical (unpaired) electrons. The molecule has 9 heteroatoms. The van der Waals surface area contributed by atoms with Crippen molar-refractivity contribution in [1.82, 2.24) is 14.3 Å². The third-order valence-electron chi connectivity index (χ3n) is 6.33. The molecule has 35 heavy (non-hydrogen) atoms. The van der Waals surface area contributed by atoms with Crippen LogP contribution < -0.4 is 14.8 Å². The zero-order chi connectivity index (χ0) is 24.0. The van der Waals surface area contributed by atoms with Crippen LogP contribution in [0.1, 0.15) is 23.4 Å². The van der Waals surface area contributed by atoms with Gasteiger partial charge in [-0.05, 0) is 48.4 Å². The third kappa shape index (κ3) is 5.74. The molecule has 2 fully saturated rings. The zero-order valence-corrected chi connectivity index (χ0v) is 20.3. The molecule has 1 aromatic heterocycles. The van der Waals surface area contributed by atoms with Crippen LogP contribution in [0.4, 0.5) is 5.69 Å². The standard InChI is InChI=1S/C26H28N6O2S/c27-17-21-16-20(3-6-25(21)34-23-8-10-32(18-23)35-28)24-7-9-29-26(30-24)15-19-1-4-22(5-2-19)31-11-13-33-14-12-31/h1-7,9,16,23H,8,10-15,18,28H2. The fraction of sp³-hybridized carbons (Fsp3) is 0.346. The minimum absolute atomic E-state index is 0.0317. The number of morpholine rings is 1. The van der Waals surface area contributed by atoms with Gasteiger partial charge in [0.15, 0.2) is 0 Å². The molecule has 2 aromatic carbocycles. The number of hydrogen-bond donors (Lipinski definition) is 1. The summed E-state index contributed by atoms with van der Waals surface area (Å²) in [5, 5.41) is 15.4. The van der Waals surface area contributed by atoms with E-state index < -0.39 is 0 Å². The Balaban J connectivity index is 1.28. The first-order chi connectivity index (χ1) is 17.2. The van der Waals surface area contributed by atoms with Crippen molar-refractivity contribution in [3.8, 4) is 23.1 Å². The maximum absolute atomic E-state index is 9.72. The first-order valence-electron chi connectivity index (χ1n) is 11.8. The summed E-state index contributed by atoms with van der Waals surface area (Å²) < 4.78 is 13.6. The fourth-order valence-electron chi connectivity index (χ4n) is 4.42. The summed E-state index contributed by atoms with van der Waals surface area (Å²) in [6.45, 7) is 5.02. The molecular formula is C26H28N6O2S. The van der Waals surface area contributed by atoms with Crippen molar-refractivity contribution in [2.45, 2.75) is 18.9 Å². The summed E-state index contributed by atoms with van der Waals surface area (Å²) in [5.74, 6) is 1.34. The van der Waals surface area contributed by atoms with Gasteiger partial charge in [-0.15, -0.1) is 0 Å². The number of aromatic nitrogens is 2. The number of benzene rings is 2. The van der Waals surface area contributed by atoms with Gasteiger partial charge in [0, 0.05) is 62.2 Å². The van der Waals surface area contributed by atoms with Crippen LogP contribution in [0.25, 0.3) is 11.3 Å². The molecule has 1 atom stereocenters. The summed E-state index contributed by atoms with van der Waals surface area (Å²) in [4.78, 5) is 11.6. The Morgan fingerprint density at radius 1 is 1.11 bits per heavy atom. The van der Waals surface area contributed by atoms with Gasteiger partial charge in [0.1, 0.15) is 23.7 Å². The van der Waals surface area contributed by atoms with E-state index in [2.05, 4.69) is 44.5 Å². The predicted octanol–water partition coefficient (Wildman–Crippen LogP) is 3.42. The average molecular weight is 489 g/mol. The van der Waals surface area contributed by atoms with E-state index in [4.69, 9.17) is 19.6 Å². The number of anilines is 1. The van der Waals surface area contributed by atoms with E-state index in [1.165, 1.54) is 17.8 Å². The summed E-state index contributed by atoms with van der Waals surface area (Å²) in [5.41, 5.74) is 4.52. The molecule has 3 heterocycles. The van der Waals surface area contributed by atoms with Gasteiger partial charge in [0.25, 0.3) is 0 Å². The highest BCUT2D eigenvalue weighted by Crippen LogP contribution is 2.28. The van der Waals surface area contributed by atoms with E-state index in [9.17, 15) is 5.26 Å². The molecule has 0 aliphatic carbocycles. The highest BCUT2D eigenvalue weighted by molar-refractivity contribution is 7.94. The van der Waals surface area contributed by atoms with E-state index in [1.807, 2.05) is 24.3 Å². The van der Waals surface area contributed by atoms with Crippen molar-refractivity contribution in [1.29, 1.82) is 5.26 Å². The minimum atomic E-state index is 0.0317. The second kappa shape index (κ2) is 11.1. The number of nitrogens with two attached hydrogens (primary N) is 1. The van der Waals surface area contributed by atoms with Gasteiger partial charge in [-0.25, -0.2) is 14.3 Å². The van der Waals surface area contributed by atoms with Gasteiger partial charge in [-0.2, -0.15) is 5.26 Å². The molecule has 2 aliphatic heterocycles. The van der Waals surface area contributed by atoms with E-state index in [0.717, 1.165) is 68.5 Å². The van der Waals surface area contributed by atoms with Crippen molar-refractivity contribution < 1.29 is 9.47 Å². The normalized spacial score (nSPS) is 18.4. The Morgan fingerprint density at radius 2 is 1.94 bits per heavy atom. The summed E-state index contributed by atoms with van der Waals surface area (Å²) >= 11 is 1.23. The lowest BCUT2D eigenvalue weighted by atomic mass is 10.1. The molecule has 0 saturated carbocycles. The zero-order valence-electron chi connectivity index (χ0n) is 19.5. The Bertz CT molecular complexity index is 1190. The second-order valence-corrected chi connectivity index (χ2v) is 9.37. The number of hydrogen-bond acceptors (Lipinski definition) is 9.